The summed E-state index contributed by atoms with van der Waals surface area (Å²) in [6, 6.07) is 19.3. The molecular weight excluding hydrogens is 603 g/mol. The Labute approximate surface area is 251 Å². The maximum atomic E-state index is 13.5. The van der Waals surface area contributed by atoms with E-state index in [0.29, 0.717) is 29.4 Å². The van der Waals surface area contributed by atoms with Gasteiger partial charge in [-0.2, -0.15) is 13.2 Å². The molecule has 234 valence electrons. The van der Waals surface area contributed by atoms with Gasteiger partial charge in [0, 0.05) is 23.5 Å². The molecule has 3 aromatic carbocycles. The van der Waals surface area contributed by atoms with Crippen LogP contribution in [0.1, 0.15) is 32.4 Å². The Bertz CT molecular complexity index is 1700. The fourth-order valence-electron chi connectivity index (χ4n) is 3.81. The first-order chi connectivity index (χ1) is 20.7. The standard InChI is InChI=1S/C28H29N3O5S.C2HF3O2/c1-4-35-26-17-21(11-13-25(26)36-19(2)3)27(28(32)31-37(33,34)24-8-6-5-7-9-24)30-23-12-10-22-18-29-15-14-20(22)16-23;3-2(4,5)1(6)7/h5-19,27,30H,4H2,1-3H3,(H,31,32);(H,6,7). The highest BCUT2D eigenvalue weighted by atomic mass is 32.2. The molecule has 1 aromatic heterocycles. The number of carbonyl (C=O) groups is 2. The number of ether oxygens (including phenoxy) is 2. The Morgan fingerprint density at radius 3 is 2.25 bits per heavy atom. The van der Waals surface area contributed by atoms with Gasteiger partial charge in [-0.15, -0.1) is 0 Å². The first-order valence-electron chi connectivity index (χ1n) is 13.2. The Hall–Kier alpha value is -4.85. The summed E-state index contributed by atoms with van der Waals surface area (Å²) < 4.78 is 71.5. The normalized spacial score (nSPS) is 12.1. The van der Waals surface area contributed by atoms with Crippen LogP contribution in [0.2, 0.25) is 0 Å². The van der Waals surface area contributed by atoms with Crippen molar-refractivity contribution in [3.05, 3.63) is 90.8 Å². The third-order valence-electron chi connectivity index (χ3n) is 5.71. The number of alkyl halides is 3. The van der Waals surface area contributed by atoms with E-state index in [1.54, 1.807) is 48.8 Å². The van der Waals surface area contributed by atoms with Crippen LogP contribution in [0.25, 0.3) is 10.8 Å². The average molecular weight is 634 g/mol. The third kappa shape index (κ3) is 9.33. The minimum absolute atomic E-state index is 0.00371. The fourth-order valence-corrected chi connectivity index (χ4v) is 4.83. The topological polar surface area (TPSA) is 144 Å². The molecular formula is C30H30F3N3O7S. The Balaban J connectivity index is 0.000000676. The van der Waals surface area contributed by atoms with Crippen molar-refractivity contribution < 1.29 is 45.8 Å². The van der Waals surface area contributed by atoms with Gasteiger partial charge in [0.2, 0.25) is 0 Å². The molecule has 0 fully saturated rings. The number of halogens is 3. The average Bonchev–Trinajstić information content (AvgIpc) is 2.96. The van der Waals surface area contributed by atoms with Gasteiger partial charge in [0.15, 0.2) is 11.5 Å². The smallest absolute Gasteiger partial charge is 0.490 e. The number of carboxylic acid groups (broad SMARTS) is 1. The number of hydrogen-bond donors (Lipinski definition) is 3. The van der Waals surface area contributed by atoms with Crippen molar-refractivity contribution in [2.45, 2.75) is 44.0 Å². The van der Waals surface area contributed by atoms with E-state index >= 15 is 0 Å². The SMILES string of the molecule is CCOc1cc(C(Nc2ccc3cnccc3c2)C(=O)NS(=O)(=O)c2ccccc2)ccc1OC(C)C.O=C(O)C(F)(F)F. The van der Waals surface area contributed by atoms with E-state index in [9.17, 15) is 26.4 Å². The van der Waals surface area contributed by atoms with Gasteiger partial charge >= 0.3 is 12.1 Å². The maximum absolute atomic E-state index is 13.5. The Morgan fingerprint density at radius 1 is 0.955 bits per heavy atom. The highest BCUT2D eigenvalue weighted by molar-refractivity contribution is 7.90. The number of aliphatic carboxylic acids is 1. The predicted molar refractivity (Wildman–Crippen MR) is 157 cm³/mol. The van der Waals surface area contributed by atoms with E-state index in [2.05, 4.69) is 15.0 Å². The number of carboxylic acids is 1. The number of nitrogens with zero attached hydrogens (tertiary/aromatic N) is 1. The van der Waals surface area contributed by atoms with Crippen molar-refractivity contribution >= 4 is 38.4 Å². The number of pyridine rings is 1. The highest BCUT2D eigenvalue weighted by Gasteiger charge is 2.38. The van der Waals surface area contributed by atoms with E-state index < -0.39 is 34.1 Å². The lowest BCUT2D eigenvalue weighted by atomic mass is 10.0. The minimum atomic E-state index is -5.08. The van der Waals surface area contributed by atoms with Crippen molar-refractivity contribution in [2.24, 2.45) is 0 Å². The van der Waals surface area contributed by atoms with Crippen molar-refractivity contribution in [3.63, 3.8) is 0 Å². The van der Waals surface area contributed by atoms with Crippen LogP contribution >= 0.6 is 0 Å². The van der Waals surface area contributed by atoms with Crippen LogP contribution in [0.3, 0.4) is 0 Å². The molecule has 0 aliphatic carbocycles. The summed E-state index contributed by atoms with van der Waals surface area (Å²) in [4.78, 5) is 26.5. The molecule has 0 bridgehead atoms. The van der Waals surface area contributed by atoms with Crippen LogP contribution in [0.5, 0.6) is 11.5 Å². The van der Waals surface area contributed by atoms with Gasteiger partial charge in [-0.1, -0.05) is 30.3 Å². The maximum Gasteiger partial charge on any atom is 0.490 e. The molecule has 0 aliphatic rings. The zero-order valence-corrected chi connectivity index (χ0v) is 24.6. The molecule has 0 saturated heterocycles. The molecule has 0 spiro atoms. The van der Waals surface area contributed by atoms with Crippen LogP contribution in [0.4, 0.5) is 18.9 Å². The summed E-state index contributed by atoms with van der Waals surface area (Å²) in [5.74, 6) is -2.50. The molecule has 0 aliphatic heterocycles. The van der Waals surface area contributed by atoms with Crippen LogP contribution in [0.15, 0.2) is 90.1 Å². The van der Waals surface area contributed by atoms with Crippen LogP contribution in [-0.4, -0.2) is 49.3 Å². The van der Waals surface area contributed by atoms with Crippen molar-refractivity contribution in [2.75, 3.05) is 11.9 Å². The summed E-state index contributed by atoms with van der Waals surface area (Å²) in [5.41, 5.74) is 1.14. The van der Waals surface area contributed by atoms with Crippen LogP contribution < -0.4 is 19.5 Å². The second kappa shape index (κ2) is 14.6. The number of sulfonamides is 1. The van der Waals surface area contributed by atoms with Gasteiger partial charge in [0.1, 0.15) is 6.04 Å². The lowest BCUT2D eigenvalue weighted by Crippen LogP contribution is -2.37. The second-order valence-electron chi connectivity index (χ2n) is 9.41. The lowest BCUT2D eigenvalue weighted by molar-refractivity contribution is -0.192. The summed E-state index contributed by atoms with van der Waals surface area (Å²) in [5, 5.41) is 12.2. The van der Waals surface area contributed by atoms with Crippen molar-refractivity contribution in [1.29, 1.82) is 0 Å². The van der Waals surface area contributed by atoms with E-state index in [-0.39, 0.29) is 11.0 Å². The van der Waals surface area contributed by atoms with Gasteiger partial charge in [0.25, 0.3) is 15.9 Å². The number of nitrogens with one attached hydrogen (secondary N) is 2. The monoisotopic (exact) mass is 633 g/mol. The molecule has 1 atom stereocenters. The number of hydrogen-bond acceptors (Lipinski definition) is 8. The van der Waals surface area contributed by atoms with Gasteiger partial charge in [0.05, 0.1) is 17.6 Å². The predicted octanol–water partition coefficient (Wildman–Crippen LogP) is 5.71. The minimum Gasteiger partial charge on any atom is -0.490 e. The van der Waals surface area contributed by atoms with Gasteiger partial charge in [-0.05, 0) is 74.2 Å². The number of amides is 1. The molecule has 1 heterocycles. The molecule has 1 amide bonds. The number of aromatic nitrogens is 1. The third-order valence-corrected chi connectivity index (χ3v) is 7.07. The molecule has 0 radical (unpaired) electrons. The number of rotatable bonds is 10. The van der Waals surface area contributed by atoms with Crippen molar-refractivity contribution in [3.8, 4) is 11.5 Å². The number of benzene rings is 3. The zero-order chi connectivity index (χ0) is 32.5. The van der Waals surface area contributed by atoms with Gasteiger partial charge in [-0.25, -0.2) is 17.9 Å². The molecule has 1 unspecified atom stereocenters. The molecule has 0 saturated carbocycles. The van der Waals surface area contributed by atoms with E-state index in [1.165, 1.54) is 12.1 Å². The summed E-state index contributed by atoms with van der Waals surface area (Å²) >= 11 is 0. The molecule has 3 N–H and O–H groups in total. The van der Waals surface area contributed by atoms with E-state index in [1.807, 2.05) is 45.0 Å². The number of anilines is 1. The Kier molecular flexibility index (Phi) is 11.1. The summed E-state index contributed by atoms with van der Waals surface area (Å²) in [6.07, 6.45) is -1.73. The number of fused-ring (bicyclic) bond motifs is 1. The molecule has 14 heteroatoms. The first kappa shape index (κ1) is 33.6. The summed E-state index contributed by atoms with van der Waals surface area (Å²) in [7, 11) is -4.09. The summed E-state index contributed by atoms with van der Waals surface area (Å²) in [6.45, 7) is 6.06. The van der Waals surface area contributed by atoms with Crippen LogP contribution in [-0.2, 0) is 19.6 Å². The van der Waals surface area contributed by atoms with Gasteiger partial charge < -0.3 is 19.9 Å². The fraction of sp³-hybridized carbons (Fsp3) is 0.233. The molecule has 44 heavy (non-hydrogen) atoms. The van der Waals surface area contributed by atoms with E-state index in [4.69, 9.17) is 19.4 Å². The van der Waals surface area contributed by atoms with Crippen LogP contribution in [0, 0.1) is 0 Å². The second-order valence-corrected chi connectivity index (χ2v) is 11.1. The molecule has 4 rings (SSSR count). The Morgan fingerprint density at radius 2 is 1.64 bits per heavy atom. The lowest BCUT2D eigenvalue weighted by Gasteiger charge is -2.22. The molecule has 4 aromatic rings. The first-order valence-corrected chi connectivity index (χ1v) is 14.6. The van der Waals surface area contributed by atoms with Gasteiger partial charge in [-0.3, -0.25) is 9.78 Å². The largest absolute Gasteiger partial charge is 0.490 e. The van der Waals surface area contributed by atoms with E-state index in [0.717, 1.165) is 10.8 Å². The van der Waals surface area contributed by atoms with Crippen molar-refractivity contribution in [1.82, 2.24) is 9.71 Å². The highest BCUT2D eigenvalue weighted by Crippen LogP contribution is 2.33. The molecule has 10 nitrogen and oxygen atoms in total. The number of carbonyl (C=O) groups excluding carboxylic acids is 1. The quantitative estimate of drug-likeness (QED) is 0.200. The zero-order valence-electron chi connectivity index (χ0n) is 23.8.